The Morgan fingerprint density at radius 3 is 2.89 bits per heavy atom. The molecule has 5 nitrogen and oxygen atoms in total. The molecule has 19 heavy (non-hydrogen) atoms. The van der Waals surface area contributed by atoms with E-state index < -0.39 is 10.8 Å². The molecule has 0 aliphatic carbocycles. The summed E-state index contributed by atoms with van der Waals surface area (Å²) in [4.78, 5) is 11.7. The van der Waals surface area contributed by atoms with Gasteiger partial charge in [0.15, 0.2) is 0 Å². The maximum Gasteiger partial charge on any atom is 0.236 e. The molecule has 1 atom stereocenters. The Morgan fingerprint density at radius 2 is 2.21 bits per heavy atom. The number of nitrogens with two attached hydrogens (primary N) is 1. The number of carbonyl (C=O) groups is 1. The highest BCUT2D eigenvalue weighted by Crippen LogP contribution is 2.17. The van der Waals surface area contributed by atoms with Gasteiger partial charge in [0.05, 0.1) is 0 Å². The predicted molar refractivity (Wildman–Crippen MR) is 78.6 cm³/mol. The van der Waals surface area contributed by atoms with Crippen LogP contribution in [0.2, 0.25) is 0 Å². The Labute approximate surface area is 116 Å². The lowest BCUT2D eigenvalue weighted by Crippen LogP contribution is -2.21. The molecular formula is C13H20N2O3S. The number of nitrogens with one attached hydrogen (secondary N) is 1. The van der Waals surface area contributed by atoms with Gasteiger partial charge in [0.2, 0.25) is 5.91 Å². The number of anilines is 2. The van der Waals surface area contributed by atoms with Gasteiger partial charge in [0.1, 0.15) is 5.75 Å². The second kappa shape index (κ2) is 7.91. The zero-order valence-corrected chi connectivity index (χ0v) is 12.1. The average molecular weight is 284 g/mol. The van der Waals surface area contributed by atoms with Gasteiger partial charge >= 0.3 is 0 Å². The number of ether oxygens (including phenoxy) is 1. The number of nitrogen functional groups attached to an aromatic ring is 1. The standard InChI is InChI=1S/C13H20N2O3S/c1-10-4-5-11(14)8-12(10)15-13(16)9-19(17)7-3-6-18-2/h4-5,8H,3,6-7,9,14H2,1-2H3,(H,15,16). The average Bonchev–Trinajstić information content (AvgIpc) is 2.34. The van der Waals surface area contributed by atoms with Crippen LogP contribution in [0.3, 0.4) is 0 Å². The molecule has 0 aromatic heterocycles. The van der Waals surface area contributed by atoms with Gasteiger partial charge in [0.25, 0.3) is 0 Å². The summed E-state index contributed by atoms with van der Waals surface area (Å²) in [5, 5.41) is 2.73. The van der Waals surface area contributed by atoms with Gasteiger partial charge in [-0.3, -0.25) is 9.00 Å². The summed E-state index contributed by atoms with van der Waals surface area (Å²) in [5.74, 6) is 0.208. The first-order valence-corrected chi connectivity index (χ1v) is 7.51. The van der Waals surface area contributed by atoms with Gasteiger partial charge < -0.3 is 15.8 Å². The summed E-state index contributed by atoms with van der Waals surface area (Å²) in [6.45, 7) is 2.44. The molecule has 106 valence electrons. The van der Waals surface area contributed by atoms with Gasteiger partial charge in [-0.1, -0.05) is 6.07 Å². The number of carbonyl (C=O) groups excluding carboxylic acids is 1. The maximum absolute atomic E-state index is 11.7. The SMILES string of the molecule is COCCCS(=O)CC(=O)Nc1cc(N)ccc1C. The van der Waals surface area contributed by atoms with Crippen LogP contribution in [0.4, 0.5) is 11.4 Å². The topological polar surface area (TPSA) is 81.4 Å². The van der Waals surface area contributed by atoms with E-state index in [4.69, 9.17) is 10.5 Å². The lowest BCUT2D eigenvalue weighted by Gasteiger charge is -2.09. The van der Waals surface area contributed by atoms with Gasteiger partial charge in [-0.2, -0.15) is 0 Å². The van der Waals surface area contributed by atoms with Crippen LogP contribution in [-0.2, 0) is 20.3 Å². The molecule has 0 saturated carbocycles. The van der Waals surface area contributed by atoms with Crippen molar-refractivity contribution in [3.05, 3.63) is 23.8 Å². The summed E-state index contributed by atoms with van der Waals surface area (Å²) < 4.78 is 16.5. The van der Waals surface area contributed by atoms with Crippen LogP contribution < -0.4 is 11.1 Å². The van der Waals surface area contributed by atoms with Crippen LogP contribution in [0.25, 0.3) is 0 Å². The van der Waals surface area contributed by atoms with Crippen LogP contribution in [0.5, 0.6) is 0 Å². The van der Waals surface area contributed by atoms with E-state index in [-0.39, 0.29) is 11.7 Å². The molecule has 0 aliphatic heterocycles. The number of hydrogen-bond acceptors (Lipinski definition) is 4. The molecule has 0 saturated heterocycles. The molecule has 0 spiro atoms. The molecule has 6 heteroatoms. The van der Waals surface area contributed by atoms with Crippen LogP contribution in [0, 0.1) is 6.92 Å². The summed E-state index contributed by atoms with van der Waals surface area (Å²) >= 11 is 0. The molecule has 3 N–H and O–H groups in total. The lowest BCUT2D eigenvalue weighted by molar-refractivity contribution is -0.113. The molecule has 1 rings (SSSR count). The van der Waals surface area contributed by atoms with E-state index >= 15 is 0 Å². The first kappa shape index (κ1) is 15.7. The van der Waals surface area contributed by atoms with E-state index in [9.17, 15) is 9.00 Å². The van der Waals surface area contributed by atoms with Gasteiger partial charge in [-0.05, 0) is 31.0 Å². The van der Waals surface area contributed by atoms with Crippen molar-refractivity contribution in [1.82, 2.24) is 0 Å². The van der Waals surface area contributed by atoms with Gasteiger partial charge in [0, 0.05) is 41.6 Å². The predicted octanol–water partition coefficient (Wildman–Crippen LogP) is 1.30. The van der Waals surface area contributed by atoms with Crippen molar-refractivity contribution in [1.29, 1.82) is 0 Å². The fraction of sp³-hybridized carbons (Fsp3) is 0.462. The first-order valence-electron chi connectivity index (χ1n) is 6.03. The van der Waals surface area contributed by atoms with E-state index in [1.807, 2.05) is 13.0 Å². The molecule has 1 unspecified atom stereocenters. The van der Waals surface area contributed by atoms with Crippen molar-refractivity contribution in [2.24, 2.45) is 0 Å². The van der Waals surface area contributed by atoms with Crippen molar-refractivity contribution in [2.45, 2.75) is 13.3 Å². The zero-order chi connectivity index (χ0) is 14.3. The molecule has 0 fully saturated rings. The van der Waals surface area contributed by atoms with Crippen molar-refractivity contribution < 1.29 is 13.7 Å². The second-order valence-corrected chi connectivity index (χ2v) is 5.83. The number of aryl methyl sites for hydroxylation is 1. The summed E-state index contributed by atoms with van der Waals surface area (Å²) in [6, 6.07) is 5.30. The number of methoxy groups -OCH3 is 1. The quantitative estimate of drug-likeness (QED) is 0.584. The first-order chi connectivity index (χ1) is 9.02. The van der Waals surface area contributed by atoms with E-state index in [1.54, 1.807) is 19.2 Å². The van der Waals surface area contributed by atoms with Gasteiger partial charge in [-0.25, -0.2) is 0 Å². The van der Waals surface area contributed by atoms with Crippen LogP contribution in [0.1, 0.15) is 12.0 Å². The summed E-state index contributed by atoms with van der Waals surface area (Å²) in [5.41, 5.74) is 7.84. The maximum atomic E-state index is 11.7. The molecule has 0 bridgehead atoms. The Hall–Kier alpha value is -1.40. The fourth-order valence-corrected chi connectivity index (χ4v) is 2.49. The zero-order valence-electron chi connectivity index (χ0n) is 11.3. The van der Waals surface area contributed by atoms with E-state index in [2.05, 4.69) is 5.32 Å². The Balaban J connectivity index is 2.46. The molecule has 1 aromatic carbocycles. The molecule has 1 amide bonds. The lowest BCUT2D eigenvalue weighted by atomic mass is 10.2. The minimum absolute atomic E-state index is 0.00203. The summed E-state index contributed by atoms with van der Waals surface area (Å²) in [7, 11) is 0.435. The van der Waals surface area contributed by atoms with Crippen LogP contribution in [0.15, 0.2) is 18.2 Å². The highest BCUT2D eigenvalue weighted by Gasteiger charge is 2.09. The Morgan fingerprint density at radius 1 is 1.47 bits per heavy atom. The fourth-order valence-electron chi connectivity index (χ4n) is 1.54. The van der Waals surface area contributed by atoms with E-state index in [0.29, 0.717) is 30.2 Å². The minimum atomic E-state index is -1.16. The number of rotatable bonds is 7. The Kier molecular flexibility index (Phi) is 6.52. The van der Waals surface area contributed by atoms with Gasteiger partial charge in [-0.15, -0.1) is 0 Å². The highest BCUT2D eigenvalue weighted by molar-refractivity contribution is 7.85. The van der Waals surface area contributed by atoms with E-state index in [1.165, 1.54) is 0 Å². The number of hydrogen-bond donors (Lipinski definition) is 2. The van der Waals surface area contributed by atoms with Crippen molar-refractivity contribution >= 4 is 28.1 Å². The van der Waals surface area contributed by atoms with Crippen molar-refractivity contribution in [2.75, 3.05) is 36.3 Å². The summed E-state index contributed by atoms with van der Waals surface area (Å²) in [6.07, 6.45) is 0.688. The smallest absolute Gasteiger partial charge is 0.236 e. The highest BCUT2D eigenvalue weighted by atomic mass is 32.2. The third-order valence-electron chi connectivity index (χ3n) is 2.55. The van der Waals surface area contributed by atoms with Crippen molar-refractivity contribution in [3.8, 4) is 0 Å². The number of benzene rings is 1. The molecular weight excluding hydrogens is 264 g/mol. The molecule has 0 heterocycles. The van der Waals surface area contributed by atoms with Crippen LogP contribution in [-0.4, -0.2) is 35.3 Å². The van der Waals surface area contributed by atoms with Crippen molar-refractivity contribution in [3.63, 3.8) is 0 Å². The normalized spacial score (nSPS) is 12.1. The number of amides is 1. The molecule has 1 aromatic rings. The molecule has 0 aliphatic rings. The monoisotopic (exact) mass is 284 g/mol. The van der Waals surface area contributed by atoms with E-state index in [0.717, 1.165) is 5.56 Å². The molecule has 0 radical (unpaired) electrons. The third-order valence-corrected chi connectivity index (χ3v) is 3.88. The second-order valence-electron chi connectivity index (χ2n) is 4.26. The van der Waals surface area contributed by atoms with Crippen LogP contribution >= 0.6 is 0 Å². The largest absolute Gasteiger partial charge is 0.399 e. The minimum Gasteiger partial charge on any atom is -0.399 e. The Bertz CT molecular complexity index is 463. The third kappa shape index (κ3) is 5.85.